The van der Waals surface area contributed by atoms with E-state index in [2.05, 4.69) is 0 Å². The van der Waals surface area contributed by atoms with Gasteiger partial charge in [0.15, 0.2) is 5.78 Å². The van der Waals surface area contributed by atoms with Crippen LogP contribution in [-0.2, 0) is 5.60 Å². The summed E-state index contributed by atoms with van der Waals surface area (Å²) in [5.74, 6) is 0.154. The molecule has 0 amide bonds. The lowest BCUT2D eigenvalue weighted by Gasteiger charge is -2.38. The fourth-order valence-electron chi connectivity index (χ4n) is 2.47. The van der Waals surface area contributed by atoms with Gasteiger partial charge in [-0.25, -0.2) is 0 Å². The van der Waals surface area contributed by atoms with Crippen LogP contribution in [0, 0.1) is 5.92 Å². The quantitative estimate of drug-likeness (QED) is 0.763. The molecule has 0 saturated carbocycles. The van der Waals surface area contributed by atoms with Gasteiger partial charge >= 0.3 is 0 Å². The molecule has 0 radical (unpaired) electrons. The number of ketones is 1. The lowest BCUT2D eigenvalue weighted by atomic mass is 9.70. The minimum absolute atomic E-state index is 0.00454. The van der Waals surface area contributed by atoms with Crippen LogP contribution in [0.5, 0.6) is 0 Å². The molecule has 1 aromatic carbocycles. The summed E-state index contributed by atoms with van der Waals surface area (Å²) >= 11 is 0. The molecule has 1 aliphatic carbocycles. The third-order valence-electron chi connectivity index (χ3n) is 3.54. The summed E-state index contributed by atoms with van der Waals surface area (Å²) in [6.45, 7) is 3.90. The number of hydrogen-bond donors (Lipinski definition) is 1. The van der Waals surface area contributed by atoms with Crippen molar-refractivity contribution in [2.45, 2.75) is 32.3 Å². The van der Waals surface area contributed by atoms with Crippen LogP contribution in [0.2, 0.25) is 0 Å². The number of fused-ring (bicyclic) bond motifs is 1. The Kier molecular flexibility index (Phi) is 2.39. The molecule has 0 fully saturated rings. The van der Waals surface area contributed by atoms with Crippen molar-refractivity contribution in [2.75, 3.05) is 0 Å². The second-order valence-corrected chi connectivity index (χ2v) is 4.35. The minimum atomic E-state index is -0.829. The zero-order chi connectivity index (χ0) is 11.1. The van der Waals surface area contributed by atoms with Gasteiger partial charge in [-0.15, -0.1) is 0 Å². The predicted molar refractivity (Wildman–Crippen MR) is 58.7 cm³/mol. The van der Waals surface area contributed by atoms with E-state index in [9.17, 15) is 9.90 Å². The highest BCUT2D eigenvalue weighted by atomic mass is 16.3. The van der Waals surface area contributed by atoms with E-state index in [4.69, 9.17) is 0 Å². The number of aliphatic hydroxyl groups is 1. The van der Waals surface area contributed by atoms with Crippen molar-refractivity contribution in [3.8, 4) is 0 Å². The Hall–Kier alpha value is -1.15. The topological polar surface area (TPSA) is 37.3 Å². The molecule has 0 aromatic heterocycles. The van der Waals surface area contributed by atoms with E-state index < -0.39 is 5.60 Å². The Morgan fingerprint density at radius 2 is 2.13 bits per heavy atom. The Morgan fingerprint density at radius 1 is 1.47 bits per heavy atom. The van der Waals surface area contributed by atoms with Crippen molar-refractivity contribution in [1.82, 2.24) is 0 Å². The molecular formula is C13H16O2. The van der Waals surface area contributed by atoms with E-state index in [0.717, 1.165) is 5.56 Å². The maximum absolute atomic E-state index is 11.8. The fourth-order valence-corrected chi connectivity index (χ4v) is 2.47. The highest BCUT2D eigenvalue weighted by Crippen LogP contribution is 2.41. The number of rotatable bonds is 1. The minimum Gasteiger partial charge on any atom is -0.385 e. The van der Waals surface area contributed by atoms with Gasteiger partial charge in [0.1, 0.15) is 0 Å². The number of hydrogen-bond acceptors (Lipinski definition) is 2. The summed E-state index contributed by atoms with van der Waals surface area (Å²) in [6, 6.07) is 7.41. The summed E-state index contributed by atoms with van der Waals surface area (Å²) in [5.41, 5.74) is 0.668. The van der Waals surface area contributed by atoms with E-state index in [-0.39, 0.29) is 11.7 Å². The van der Waals surface area contributed by atoms with Crippen molar-refractivity contribution >= 4 is 5.78 Å². The molecular weight excluding hydrogens is 188 g/mol. The summed E-state index contributed by atoms with van der Waals surface area (Å²) in [7, 11) is 0. The van der Waals surface area contributed by atoms with Crippen molar-refractivity contribution in [1.29, 1.82) is 0 Å². The standard InChI is InChI=1S/C13H16O2/c1-3-13(15)9(2)8-12(14)10-6-4-5-7-11(10)13/h4-7,9,15H,3,8H2,1-2H3/t9-,13+/m1/s1. The Morgan fingerprint density at radius 3 is 2.80 bits per heavy atom. The summed E-state index contributed by atoms with van der Waals surface area (Å²) in [5, 5.41) is 10.6. The summed E-state index contributed by atoms with van der Waals surface area (Å²) < 4.78 is 0. The zero-order valence-corrected chi connectivity index (χ0v) is 9.16. The van der Waals surface area contributed by atoms with E-state index >= 15 is 0 Å². The lowest BCUT2D eigenvalue weighted by Crippen LogP contribution is -2.39. The van der Waals surface area contributed by atoms with Crippen LogP contribution in [0.1, 0.15) is 42.6 Å². The van der Waals surface area contributed by atoms with Crippen molar-refractivity contribution in [3.05, 3.63) is 35.4 Å². The van der Waals surface area contributed by atoms with Gasteiger partial charge < -0.3 is 5.11 Å². The van der Waals surface area contributed by atoms with Crippen LogP contribution in [0.15, 0.2) is 24.3 Å². The van der Waals surface area contributed by atoms with Gasteiger partial charge in [-0.05, 0) is 17.9 Å². The molecule has 2 rings (SSSR count). The van der Waals surface area contributed by atoms with Crippen LogP contribution in [-0.4, -0.2) is 10.9 Å². The first kappa shape index (κ1) is 10.4. The SMILES string of the molecule is CC[C@@]1(O)c2ccccc2C(=O)C[C@H]1C. The molecule has 0 unspecified atom stereocenters. The molecule has 2 nitrogen and oxygen atoms in total. The summed E-state index contributed by atoms with van der Waals surface area (Å²) in [4.78, 5) is 11.8. The fraction of sp³-hybridized carbons (Fsp3) is 0.462. The average Bonchev–Trinajstić information content (AvgIpc) is 2.26. The molecule has 0 aliphatic heterocycles. The first-order valence-electron chi connectivity index (χ1n) is 5.44. The highest BCUT2D eigenvalue weighted by molar-refractivity contribution is 5.99. The molecule has 2 atom stereocenters. The third kappa shape index (κ3) is 1.40. The van der Waals surface area contributed by atoms with Crippen LogP contribution < -0.4 is 0 Å². The molecule has 15 heavy (non-hydrogen) atoms. The van der Waals surface area contributed by atoms with Crippen LogP contribution >= 0.6 is 0 Å². The van der Waals surface area contributed by atoms with Crippen LogP contribution in [0.3, 0.4) is 0 Å². The maximum atomic E-state index is 11.8. The third-order valence-corrected chi connectivity index (χ3v) is 3.54. The normalized spacial score (nSPS) is 30.1. The second-order valence-electron chi connectivity index (χ2n) is 4.35. The van der Waals surface area contributed by atoms with Crippen molar-refractivity contribution in [3.63, 3.8) is 0 Å². The molecule has 0 spiro atoms. The molecule has 1 aromatic rings. The van der Waals surface area contributed by atoms with Gasteiger partial charge in [-0.2, -0.15) is 0 Å². The van der Waals surface area contributed by atoms with Crippen LogP contribution in [0.4, 0.5) is 0 Å². The molecule has 0 heterocycles. The predicted octanol–water partition coefficient (Wildman–Crippen LogP) is 2.51. The number of carbonyl (C=O) groups excluding carboxylic acids is 1. The average molecular weight is 204 g/mol. The van der Waals surface area contributed by atoms with Gasteiger partial charge in [0.2, 0.25) is 0 Å². The Labute approximate surface area is 89.9 Å². The zero-order valence-electron chi connectivity index (χ0n) is 9.16. The van der Waals surface area contributed by atoms with Gasteiger partial charge in [0, 0.05) is 12.0 Å². The Bertz CT molecular complexity index is 397. The van der Waals surface area contributed by atoms with E-state index in [1.54, 1.807) is 0 Å². The van der Waals surface area contributed by atoms with Crippen LogP contribution in [0.25, 0.3) is 0 Å². The highest BCUT2D eigenvalue weighted by Gasteiger charge is 2.41. The second kappa shape index (κ2) is 3.46. The maximum Gasteiger partial charge on any atom is 0.163 e. The number of benzene rings is 1. The molecule has 80 valence electrons. The molecule has 0 bridgehead atoms. The van der Waals surface area contributed by atoms with Gasteiger partial charge in [-0.1, -0.05) is 38.1 Å². The van der Waals surface area contributed by atoms with Crippen molar-refractivity contribution < 1.29 is 9.90 Å². The van der Waals surface area contributed by atoms with Gasteiger partial charge in [0.25, 0.3) is 0 Å². The largest absolute Gasteiger partial charge is 0.385 e. The van der Waals surface area contributed by atoms with E-state index in [0.29, 0.717) is 18.4 Å². The first-order chi connectivity index (χ1) is 7.09. The molecule has 1 N–H and O–H groups in total. The lowest BCUT2D eigenvalue weighted by molar-refractivity contribution is -0.0275. The van der Waals surface area contributed by atoms with Gasteiger partial charge in [0.05, 0.1) is 5.60 Å². The summed E-state index contributed by atoms with van der Waals surface area (Å²) in [6.07, 6.45) is 1.10. The first-order valence-corrected chi connectivity index (χ1v) is 5.44. The molecule has 1 aliphatic rings. The smallest absolute Gasteiger partial charge is 0.163 e. The number of Topliss-reactive ketones (excluding diaryl/α,β-unsaturated/α-hetero) is 1. The Balaban J connectivity index is 2.62. The van der Waals surface area contributed by atoms with E-state index in [1.165, 1.54) is 0 Å². The van der Waals surface area contributed by atoms with Crippen molar-refractivity contribution in [2.24, 2.45) is 5.92 Å². The van der Waals surface area contributed by atoms with Gasteiger partial charge in [-0.3, -0.25) is 4.79 Å². The number of carbonyl (C=O) groups is 1. The molecule has 2 heteroatoms. The monoisotopic (exact) mass is 204 g/mol. The molecule has 0 saturated heterocycles. The van der Waals surface area contributed by atoms with E-state index in [1.807, 2.05) is 38.1 Å².